The van der Waals surface area contributed by atoms with Crippen molar-refractivity contribution in [2.45, 2.75) is 40.2 Å². The first-order valence-corrected chi connectivity index (χ1v) is 11.6. The Labute approximate surface area is 191 Å². The fourth-order valence-corrected chi connectivity index (χ4v) is 4.47. The number of aryl methyl sites for hydroxylation is 1. The molecule has 2 fully saturated rings. The van der Waals surface area contributed by atoms with Crippen LogP contribution in [0.2, 0.25) is 0 Å². The van der Waals surface area contributed by atoms with E-state index in [9.17, 15) is 0 Å². The summed E-state index contributed by atoms with van der Waals surface area (Å²) in [5.74, 6) is 1.35. The predicted octanol–water partition coefficient (Wildman–Crippen LogP) is 6.37. The van der Waals surface area contributed by atoms with Crippen molar-refractivity contribution in [2.24, 2.45) is 16.8 Å². The molecule has 1 aliphatic heterocycles. The van der Waals surface area contributed by atoms with Crippen molar-refractivity contribution in [3.63, 3.8) is 0 Å². The van der Waals surface area contributed by atoms with Crippen LogP contribution in [0.15, 0.2) is 66.3 Å². The van der Waals surface area contributed by atoms with Crippen LogP contribution in [0.3, 0.4) is 0 Å². The molecule has 1 saturated heterocycles. The Balaban J connectivity index is 1.45. The third kappa shape index (κ3) is 3.90. The van der Waals surface area contributed by atoms with Crippen LogP contribution >= 0.6 is 0 Å². The van der Waals surface area contributed by atoms with Gasteiger partial charge in [-0.1, -0.05) is 30.9 Å². The van der Waals surface area contributed by atoms with E-state index >= 15 is 0 Å². The smallest absolute Gasteiger partial charge is 0.140 e. The highest BCUT2D eigenvalue weighted by Crippen LogP contribution is 2.34. The monoisotopic (exact) mass is 424 g/mol. The quantitative estimate of drug-likeness (QED) is 0.326. The van der Waals surface area contributed by atoms with Gasteiger partial charge >= 0.3 is 0 Å². The second kappa shape index (κ2) is 8.09. The lowest BCUT2D eigenvalue weighted by Gasteiger charge is -2.42. The van der Waals surface area contributed by atoms with Crippen LogP contribution in [0, 0.1) is 18.8 Å². The van der Waals surface area contributed by atoms with E-state index < -0.39 is 0 Å². The zero-order valence-electron chi connectivity index (χ0n) is 19.4. The molecule has 32 heavy (non-hydrogen) atoms. The van der Waals surface area contributed by atoms with Crippen molar-refractivity contribution in [3.05, 3.63) is 78.1 Å². The molecule has 4 nitrogen and oxygen atoms in total. The number of hydrogen-bond donors (Lipinski definition) is 0. The summed E-state index contributed by atoms with van der Waals surface area (Å²) in [5, 5.41) is 1.18. The Kier molecular flexibility index (Phi) is 5.24. The van der Waals surface area contributed by atoms with Crippen molar-refractivity contribution in [2.75, 3.05) is 13.1 Å². The van der Waals surface area contributed by atoms with Crippen molar-refractivity contribution < 1.29 is 0 Å². The minimum Gasteiger partial charge on any atom is -0.370 e. The van der Waals surface area contributed by atoms with Gasteiger partial charge in [-0.15, -0.1) is 0 Å². The minimum absolute atomic E-state index is 0.582. The van der Waals surface area contributed by atoms with E-state index in [4.69, 9.17) is 4.99 Å². The largest absolute Gasteiger partial charge is 0.370 e. The molecule has 2 aromatic heterocycles. The molecule has 0 unspecified atom stereocenters. The van der Waals surface area contributed by atoms with Gasteiger partial charge in [0.1, 0.15) is 5.65 Å². The van der Waals surface area contributed by atoms with Gasteiger partial charge in [-0.2, -0.15) is 0 Å². The summed E-state index contributed by atoms with van der Waals surface area (Å²) in [6.45, 7) is 17.9. The van der Waals surface area contributed by atoms with Gasteiger partial charge in [-0.05, 0) is 74.9 Å². The lowest BCUT2D eigenvalue weighted by molar-refractivity contribution is 0.206. The number of pyridine rings is 1. The van der Waals surface area contributed by atoms with E-state index in [1.165, 1.54) is 35.1 Å². The predicted molar refractivity (Wildman–Crippen MR) is 134 cm³/mol. The fraction of sp³-hybridized carbons (Fsp3) is 0.357. The van der Waals surface area contributed by atoms with Crippen LogP contribution in [0.25, 0.3) is 16.7 Å². The SMILES string of the molecule is C=C(C)C1CN(C(=C)c2ccc(C)c(/N=C(\C)c3cc4cccnc4n3CC3CC3)c2)C1. The number of nitrogens with zero attached hydrogens (tertiary/aromatic N) is 4. The molecule has 0 bridgehead atoms. The van der Waals surface area contributed by atoms with Crippen molar-refractivity contribution in [1.82, 2.24) is 14.5 Å². The third-order valence-electron chi connectivity index (χ3n) is 6.95. The van der Waals surface area contributed by atoms with Gasteiger partial charge in [0.25, 0.3) is 0 Å². The highest BCUT2D eigenvalue weighted by molar-refractivity contribution is 6.03. The van der Waals surface area contributed by atoms with Crippen LogP contribution in [0.5, 0.6) is 0 Å². The Morgan fingerprint density at radius 1 is 1.12 bits per heavy atom. The van der Waals surface area contributed by atoms with Crippen molar-refractivity contribution >= 4 is 28.1 Å². The maximum Gasteiger partial charge on any atom is 0.140 e. The zero-order valence-corrected chi connectivity index (χ0v) is 19.4. The molecule has 4 heteroatoms. The Morgan fingerprint density at radius 3 is 2.62 bits per heavy atom. The maximum absolute atomic E-state index is 5.10. The molecule has 0 spiro atoms. The Morgan fingerprint density at radius 2 is 1.91 bits per heavy atom. The summed E-state index contributed by atoms with van der Waals surface area (Å²) in [6.07, 6.45) is 4.51. The molecule has 2 aliphatic rings. The van der Waals surface area contributed by atoms with E-state index in [2.05, 4.69) is 78.7 Å². The zero-order chi connectivity index (χ0) is 22.4. The summed E-state index contributed by atoms with van der Waals surface area (Å²) in [6, 6.07) is 12.9. The molecular weight excluding hydrogens is 392 g/mol. The van der Waals surface area contributed by atoms with Crippen LogP contribution in [-0.4, -0.2) is 33.3 Å². The number of benzene rings is 1. The lowest BCUT2D eigenvalue weighted by atomic mass is 9.92. The third-order valence-corrected chi connectivity index (χ3v) is 6.95. The second-order valence-corrected chi connectivity index (χ2v) is 9.59. The maximum atomic E-state index is 5.10. The topological polar surface area (TPSA) is 33.4 Å². The minimum atomic E-state index is 0.582. The van der Waals surface area contributed by atoms with Gasteiger partial charge in [0.2, 0.25) is 0 Å². The first-order valence-electron chi connectivity index (χ1n) is 11.6. The molecular formula is C28H32N4. The second-order valence-electron chi connectivity index (χ2n) is 9.59. The Hall–Kier alpha value is -3.14. The lowest BCUT2D eigenvalue weighted by Crippen LogP contribution is -2.45. The number of hydrogen-bond acceptors (Lipinski definition) is 3. The van der Waals surface area contributed by atoms with Crippen LogP contribution in [0.4, 0.5) is 5.69 Å². The van der Waals surface area contributed by atoms with Gasteiger partial charge < -0.3 is 9.47 Å². The van der Waals surface area contributed by atoms with E-state index in [1.807, 2.05) is 12.3 Å². The number of rotatable bonds is 7. The molecule has 3 aromatic rings. The summed E-state index contributed by atoms with van der Waals surface area (Å²) >= 11 is 0. The molecule has 1 saturated carbocycles. The van der Waals surface area contributed by atoms with E-state index in [0.29, 0.717) is 5.92 Å². The van der Waals surface area contributed by atoms with Crippen molar-refractivity contribution in [1.29, 1.82) is 0 Å². The molecule has 5 rings (SSSR count). The fourth-order valence-electron chi connectivity index (χ4n) is 4.47. The van der Waals surface area contributed by atoms with E-state index in [1.54, 1.807) is 0 Å². The molecule has 0 atom stereocenters. The molecule has 0 amide bonds. The number of aromatic nitrogens is 2. The Bertz CT molecular complexity index is 1240. The average molecular weight is 425 g/mol. The normalized spacial score (nSPS) is 17.0. The molecule has 1 aliphatic carbocycles. The van der Waals surface area contributed by atoms with E-state index in [-0.39, 0.29) is 0 Å². The highest BCUT2D eigenvalue weighted by Gasteiger charge is 2.28. The molecule has 0 radical (unpaired) electrons. The van der Waals surface area contributed by atoms with Gasteiger partial charge in [-0.3, -0.25) is 4.99 Å². The summed E-state index contributed by atoms with van der Waals surface area (Å²) in [7, 11) is 0. The summed E-state index contributed by atoms with van der Waals surface area (Å²) in [5.41, 5.74) is 8.91. The standard InChI is InChI=1S/C28H32N4/c1-18(2)25-16-31(17-25)21(5)23-11-8-19(3)26(13-23)30-20(4)27-14-24-7-6-12-29-28(24)32(27)15-22-9-10-22/h6-8,11-14,22,25H,1,5,9-10,15-17H2,2-4H3/b30-20+. The van der Waals surface area contributed by atoms with Crippen LogP contribution in [0.1, 0.15) is 43.5 Å². The van der Waals surface area contributed by atoms with E-state index in [0.717, 1.165) is 53.9 Å². The molecule has 1 aromatic carbocycles. The number of aliphatic imine (C=N–C) groups is 1. The van der Waals surface area contributed by atoms with Crippen molar-refractivity contribution in [3.8, 4) is 0 Å². The van der Waals surface area contributed by atoms with Crippen LogP contribution in [-0.2, 0) is 6.54 Å². The molecule has 3 heterocycles. The summed E-state index contributed by atoms with van der Waals surface area (Å²) in [4.78, 5) is 12.1. The number of likely N-dealkylation sites (tertiary alicyclic amines) is 1. The first kappa shape index (κ1) is 20.7. The highest BCUT2D eigenvalue weighted by atomic mass is 15.2. The van der Waals surface area contributed by atoms with Crippen LogP contribution < -0.4 is 0 Å². The summed E-state index contributed by atoms with van der Waals surface area (Å²) < 4.78 is 2.36. The average Bonchev–Trinajstić information content (AvgIpc) is 3.47. The van der Waals surface area contributed by atoms with Gasteiger partial charge in [-0.25, -0.2) is 4.98 Å². The number of fused-ring (bicyclic) bond motifs is 1. The van der Waals surface area contributed by atoms with Gasteiger partial charge in [0.15, 0.2) is 0 Å². The molecule has 164 valence electrons. The van der Waals surface area contributed by atoms with Gasteiger partial charge in [0.05, 0.1) is 17.1 Å². The first-order chi connectivity index (χ1) is 15.4. The van der Waals surface area contributed by atoms with Gasteiger partial charge in [0, 0.05) is 42.8 Å². The molecule has 0 N–H and O–H groups in total.